The maximum atomic E-state index is 12.1. The number of para-hydroxylation sites is 1. The molecule has 0 saturated heterocycles. The maximum absolute atomic E-state index is 12.1. The number of thiophene rings is 1. The molecule has 138 valence electrons. The first-order valence-corrected chi connectivity index (χ1v) is 10.1. The van der Waals surface area contributed by atoms with Gasteiger partial charge in [-0.2, -0.15) is 0 Å². The van der Waals surface area contributed by atoms with Gasteiger partial charge in [-0.15, -0.1) is 11.3 Å². The van der Waals surface area contributed by atoms with E-state index in [9.17, 15) is 9.90 Å². The van der Waals surface area contributed by atoms with Gasteiger partial charge in [-0.3, -0.25) is 0 Å². The van der Waals surface area contributed by atoms with Crippen molar-refractivity contribution in [2.75, 3.05) is 0 Å². The third-order valence-corrected chi connectivity index (χ3v) is 6.32. The number of aromatic carboxylic acids is 1. The summed E-state index contributed by atoms with van der Waals surface area (Å²) in [6.07, 6.45) is 3.77. The van der Waals surface area contributed by atoms with Gasteiger partial charge in [-0.05, 0) is 58.9 Å². The Morgan fingerprint density at radius 3 is 2.63 bits per heavy atom. The van der Waals surface area contributed by atoms with Crippen molar-refractivity contribution in [2.24, 2.45) is 11.3 Å². The molecule has 2 heterocycles. The summed E-state index contributed by atoms with van der Waals surface area (Å²) in [5.41, 5.74) is 3.85. The van der Waals surface area contributed by atoms with Crippen LogP contribution in [0.5, 0.6) is 0 Å². The topological polar surface area (TPSA) is 53.0 Å². The summed E-state index contributed by atoms with van der Waals surface area (Å²) in [6, 6.07) is 11.6. The second-order valence-corrected chi connectivity index (χ2v) is 9.25. The lowest BCUT2D eigenvalue weighted by molar-refractivity contribution is -0.254. The number of nitrogens with zero attached hydrogens (tertiary/aromatic N) is 1. The van der Waals surface area contributed by atoms with Crippen molar-refractivity contribution in [1.29, 1.82) is 0 Å². The normalized spacial score (nSPS) is 18.6. The van der Waals surface area contributed by atoms with Crippen LogP contribution < -0.4 is 5.11 Å². The van der Waals surface area contributed by atoms with E-state index in [1.165, 1.54) is 0 Å². The lowest BCUT2D eigenvalue weighted by Crippen LogP contribution is -2.31. The number of carboxylic acid groups (broad SMARTS) is 1. The van der Waals surface area contributed by atoms with Crippen molar-refractivity contribution in [3.8, 4) is 0 Å². The summed E-state index contributed by atoms with van der Waals surface area (Å²) in [6.45, 7) is 6.66. The smallest absolute Gasteiger partial charge is 0.0725 e. The van der Waals surface area contributed by atoms with Gasteiger partial charge in [0.05, 0.1) is 17.2 Å². The van der Waals surface area contributed by atoms with Gasteiger partial charge in [-0.25, -0.2) is 4.98 Å². The van der Waals surface area contributed by atoms with Gasteiger partial charge in [0.25, 0.3) is 0 Å². The first-order chi connectivity index (χ1) is 12.8. The van der Waals surface area contributed by atoms with E-state index in [4.69, 9.17) is 4.98 Å². The summed E-state index contributed by atoms with van der Waals surface area (Å²) in [7, 11) is 0. The number of allylic oxidation sites excluding steroid dienone is 1. The van der Waals surface area contributed by atoms with E-state index in [1.54, 1.807) is 11.3 Å². The fourth-order valence-corrected chi connectivity index (χ4v) is 4.60. The molecule has 1 aliphatic carbocycles. The second-order valence-electron chi connectivity index (χ2n) is 8.27. The van der Waals surface area contributed by atoms with Crippen LogP contribution in [-0.4, -0.2) is 11.0 Å². The molecule has 0 bridgehead atoms. The molecule has 1 atom stereocenters. The van der Waals surface area contributed by atoms with Crippen molar-refractivity contribution in [3.05, 3.63) is 63.5 Å². The van der Waals surface area contributed by atoms with Crippen molar-refractivity contribution in [2.45, 2.75) is 33.6 Å². The van der Waals surface area contributed by atoms with E-state index in [1.807, 2.05) is 30.3 Å². The van der Waals surface area contributed by atoms with E-state index >= 15 is 0 Å². The quantitative estimate of drug-likeness (QED) is 0.645. The Morgan fingerprint density at radius 1 is 1.19 bits per heavy atom. The van der Waals surface area contributed by atoms with Crippen LogP contribution in [0.15, 0.2) is 41.8 Å². The third kappa shape index (κ3) is 3.30. The van der Waals surface area contributed by atoms with Crippen LogP contribution in [0.1, 0.15) is 53.7 Å². The van der Waals surface area contributed by atoms with Gasteiger partial charge >= 0.3 is 0 Å². The Kier molecular flexibility index (Phi) is 4.39. The molecule has 4 rings (SSSR count). The minimum Gasteiger partial charge on any atom is -0.545 e. The fraction of sp³-hybridized carbons (Fsp3) is 0.304. The fourth-order valence-electron chi connectivity index (χ4n) is 3.91. The number of carboxylic acids is 1. The third-order valence-electron chi connectivity index (χ3n) is 5.50. The van der Waals surface area contributed by atoms with Gasteiger partial charge in [0.1, 0.15) is 0 Å². The molecule has 0 N–H and O–H groups in total. The standard InChI is InChI=1S/C23H23NO2S/c1-23(2,3)15-11-14(12-16-7-6-10-27-16)21-18(13-15)20(22(25)26)17-8-4-5-9-19(17)24-21/h4-10,12,15H,11,13H2,1-3H3,(H,25,26)/p-1/b14-12+/t15-/m1/s1. The SMILES string of the molecule is CC(C)(C)[C@@H]1C/C(=C\c2cccs2)c2nc3ccccc3c(C(=O)[O-])c2C1. The Bertz CT molecular complexity index is 1040. The Balaban J connectivity index is 2.01. The number of carbonyl (C=O) groups is 1. The van der Waals surface area contributed by atoms with Crippen LogP contribution in [-0.2, 0) is 6.42 Å². The van der Waals surface area contributed by atoms with Crippen LogP contribution in [0, 0.1) is 11.3 Å². The number of hydrogen-bond donors (Lipinski definition) is 0. The van der Waals surface area contributed by atoms with E-state index in [0.29, 0.717) is 28.8 Å². The second kappa shape index (κ2) is 6.61. The molecule has 0 spiro atoms. The molecular weight excluding hydrogens is 354 g/mol. The molecule has 27 heavy (non-hydrogen) atoms. The van der Waals surface area contributed by atoms with E-state index in [-0.39, 0.29) is 5.41 Å². The molecular formula is C23H22NO2S-. The lowest BCUT2D eigenvalue weighted by Gasteiger charge is -2.37. The average molecular weight is 377 g/mol. The first kappa shape index (κ1) is 17.9. The van der Waals surface area contributed by atoms with Gasteiger partial charge in [-0.1, -0.05) is 45.0 Å². The van der Waals surface area contributed by atoms with Crippen molar-refractivity contribution >= 4 is 39.9 Å². The highest BCUT2D eigenvalue weighted by Crippen LogP contribution is 2.44. The van der Waals surface area contributed by atoms with Crippen molar-refractivity contribution in [1.82, 2.24) is 4.98 Å². The predicted octanol–water partition coefficient (Wildman–Crippen LogP) is 4.81. The van der Waals surface area contributed by atoms with Gasteiger partial charge < -0.3 is 9.90 Å². The molecule has 3 nitrogen and oxygen atoms in total. The summed E-state index contributed by atoms with van der Waals surface area (Å²) in [5.74, 6) is -0.771. The molecule has 0 saturated carbocycles. The summed E-state index contributed by atoms with van der Waals surface area (Å²) in [5, 5.41) is 14.8. The largest absolute Gasteiger partial charge is 0.545 e. The van der Waals surface area contributed by atoms with E-state index in [0.717, 1.165) is 28.1 Å². The number of hydrogen-bond acceptors (Lipinski definition) is 4. The summed E-state index contributed by atoms with van der Waals surface area (Å²) in [4.78, 5) is 18.2. The maximum Gasteiger partial charge on any atom is 0.0725 e. The number of aromatic nitrogens is 1. The molecule has 1 aliphatic rings. The number of rotatable bonds is 2. The molecule has 1 aromatic carbocycles. The molecule has 0 amide bonds. The predicted molar refractivity (Wildman–Crippen MR) is 110 cm³/mol. The number of pyridine rings is 1. The Labute approximate surface area is 163 Å². The van der Waals surface area contributed by atoms with Gasteiger partial charge in [0, 0.05) is 15.8 Å². The molecule has 4 heteroatoms. The molecule has 3 aromatic rings. The minimum absolute atomic E-state index is 0.0705. The lowest BCUT2D eigenvalue weighted by atomic mass is 9.69. The van der Waals surface area contributed by atoms with Crippen molar-refractivity contribution in [3.63, 3.8) is 0 Å². The summed E-state index contributed by atoms with van der Waals surface area (Å²) < 4.78 is 0. The highest BCUT2D eigenvalue weighted by Gasteiger charge is 2.34. The Hall–Kier alpha value is -2.46. The minimum atomic E-state index is -1.12. The number of benzene rings is 1. The molecule has 2 aromatic heterocycles. The van der Waals surface area contributed by atoms with Gasteiger partial charge in [0.15, 0.2) is 0 Å². The highest BCUT2D eigenvalue weighted by atomic mass is 32.1. The van der Waals surface area contributed by atoms with Crippen LogP contribution >= 0.6 is 11.3 Å². The van der Waals surface area contributed by atoms with Crippen LogP contribution in [0.4, 0.5) is 0 Å². The van der Waals surface area contributed by atoms with Crippen LogP contribution in [0.2, 0.25) is 0 Å². The van der Waals surface area contributed by atoms with E-state index in [2.05, 4.69) is 38.3 Å². The zero-order valence-electron chi connectivity index (χ0n) is 15.8. The molecule has 0 unspecified atom stereocenters. The molecule has 0 fully saturated rings. The zero-order chi connectivity index (χ0) is 19.2. The Morgan fingerprint density at radius 2 is 1.96 bits per heavy atom. The summed E-state index contributed by atoms with van der Waals surface area (Å²) >= 11 is 1.68. The highest BCUT2D eigenvalue weighted by molar-refractivity contribution is 7.10. The van der Waals surface area contributed by atoms with Crippen LogP contribution in [0.3, 0.4) is 0 Å². The first-order valence-electron chi connectivity index (χ1n) is 9.22. The average Bonchev–Trinajstić information content (AvgIpc) is 3.11. The van der Waals surface area contributed by atoms with Crippen LogP contribution in [0.25, 0.3) is 22.6 Å². The molecule has 0 aliphatic heterocycles. The number of fused-ring (bicyclic) bond motifs is 2. The number of carbonyl (C=O) groups excluding carboxylic acids is 1. The van der Waals surface area contributed by atoms with Crippen molar-refractivity contribution < 1.29 is 9.90 Å². The van der Waals surface area contributed by atoms with Gasteiger partial charge in [0.2, 0.25) is 0 Å². The van der Waals surface area contributed by atoms with E-state index < -0.39 is 5.97 Å². The monoisotopic (exact) mass is 376 g/mol. The zero-order valence-corrected chi connectivity index (χ0v) is 16.6. The molecule has 0 radical (unpaired) electrons.